The molecule has 1 amide bonds. The Hall–Kier alpha value is -2.06. The standard InChI is InChI=1S/C12H10ClFN2O2/c1-2-18-7-8(6-15)12(17)16-9-3-4-11(14)10(13)5-9/h3-5,7H,2H2,1H3,(H,16,17). The van der Waals surface area contributed by atoms with Crippen molar-refractivity contribution in [2.24, 2.45) is 0 Å². The number of benzene rings is 1. The molecule has 94 valence electrons. The largest absolute Gasteiger partial charge is 0.500 e. The summed E-state index contributed by atoms with van der Waals surface area (Å²) in [5, 5.41) is 11.1. The third kappa shape index (κ3) is 3.75. The first-order valence-corrected chi connectivity index (χ1v) is 5.44. The Morgan fingerprint density at radius 2 is 2.39 bits per heavy atom. The van der Waals surface area contributed by atoms with Gasteiger partial charge in [-0.1, -0.05) is 11.6 Å². The highest BCUT2D eigenvalue weighted by molar-refractivity contribution is 6.31. The summed E-state index contributed by atoms with van der Waals surface area (Å²) in [6.45, 7) is 2.07. The van der Waals surface area contributed by atoms with E-state index in [9.17, 15) is 9.18 Å². The first-order chi connectivity index (χ1) is 8.58. The maximum Gasteiger partial charge on any atom is 0.269 e. The van der Waals surface area contributed by atoms with Crippen molar-refractivity contribution < 1.29 is 13.9 Å². The van der Waals surface area contributed by atoms with Crippen LogP contribution >= 0.6 is 11.6 Å². The molecule has 0 saturated heterocycles. The molecule has 1 aromatic rings. The fourth-order valence-corrected chi connectivity index (χ4v) is 1.25. The number of anilines is 1. The topological polar surface area (TPSA) is 62.1 Å². The molecular weight excluding hydrogens is 259 g/mol. The predicted molar refractivity (Wildman–Crippen MR) is 65.4 cm³/mol. The van der Waals surface area contributed by atoms with Crippen LogP contribution in [0.3, 0.4) is 0 Å². The minimum absolute atomic E-state index is 0.111. The van der Waals surface area contributed by atoms with Gasteiger partial charge >= 0.3 is 0 Å². The van der Waals surface area contributed by atoms with Crippen LogP contribution in [-0.2, 0) is 9.53 Å². The lowest BCUT2D eigenvalue weighted by Crippen LogP contribution is -2.14. The lowest BCUT2D eigenvalue weighted by atomic mass is 10.2. The monoisotopic (exact) mass is 268 g/mol. The Labute approximate surface area is 109 Å². The van der Waals surface area contributed by atoms with E-state index < -0.39 is 11.7 Å². The van der Waals surface area contributed by atoms with E-state index in [1.165, 1.54) is 12.1 Å². The molecule has 0 aliphatic heterocycles. The molecule has 0 unspecified atom stereocenters. The third-order valence-corrected chi connectivity index (χ3v) is 2.20. The second-order valence-corrected chi connectivity index (χ2v) is 3.59. The normalized spacial score (nSPS) is 10.7. The van der Waals surface area contributed by atoms with Gasteiger partial charge in [-0.25, -0.2) is 4.39 Å². The number of hydrogen-bond donors (Lipinski definition) is 1. The number of rotatable bonds is 4. The summed E-state index contributed by atoms with van der Waals surface area (Å²) in [5.74, 6) is -1.23. The van der Waals surface area contributed by atoms with Gasteiger partial charge in [0.2, 0.25) is 0 Å². The summed E-state index contributed by atoms with van der Waals surface area (Å²) < 4.78 is 17.8. The molecule has 1 rings (SSSR count). The van der Waals surface area contributed by atoms with Crippen molar-refractivity contribution in [2.45, 2.75) is 6.92 Å². The van der Waals surface area contributed by atoms with E-state index in [-0.39, 0.29) is 10.6 Å². The van der Waals surface area contributed by atoms with Gasteiger partial charge in [0.05, 0.1) is 11.6 Å². The van der Waals surface area contributed by atoms with Crippen molar-refractivity contribution in [2.75, 3.05) is 11.9 Å². The number of hydrogen-bond acceptors (Lipinski definition) is 3. The first-order valence-electron chi connectivity index (χ1n) is 5.06. The van der Waals surface area contributed by atoms with Gasteiger partial charge in [0, 0.05) is 5.69 Å². The summed E-state index contributed by atoms with van der Waals surface area (Å²) >= 11 is 5.56. The summed E-state index contributed by atoms with van der Waals surface area (Å²) in [7, 11) is 0. The number of amides is 1. The van der Waals surface area contributed by atoms with Crippen LogP contribution in [0.5, 0.6) is 0 Å². The highest BCUT2D eigenvalue weighted by atomic mass is 35.5. The molecule has 0 heterocycles. The van der Waals surface area contributed by atoms with Crippen molar-refractivity contribution in [1.29, 1.82) is 5.26 Å². The molecule has 1 N–H and O–H groups in total. The highest BCUT2D eigenvalue weighted by Crippen LogP contribution is 2.19. The zero-order valence-electron chi connectivity index (χ0n) is 9.54. The second kappa shape index (κ2) is 6.62. The number of carbonyl (C=O) groups is 1. The van der Waals surface area contributed by atoms with Gasteiger partial charge < -0.3 is 10.1 Å². The third-order valence-electron chi connectivity index (χ3n) is 1.91. The molecule has 0 aromatic heterocycles. The molecule has 0 spiro atoms. The predicted octanol–water partition coefficient (Wildman–Crippen LogP) is 2.86. The maximum absolute atomic E-state index is 12.9. The zero-order valence-corrected chi connectivity index (χ0v) is 10.3. The number of nitriles is 1. The minimum Gasteiger partial charge on any atom is -0.500 e. The van der Waals surface area contributed by atoms with Crippen LogP contribution in [0.15, 0.2) is 30.0 Å². The van der Waals surface area contributed by atoms with E-state index in [1.807, 2.05) is 0 Å². The number of nitrogens with zero attached hydrogens (tertiary/aromatic N) is 1. The summed E-state index contributed by atoms with van der Waals surface area (Å²) in [5.41, 5.74) is 0.112. The van der Waals surface area contributed by atoms with Gasteiger partial charge in [-0.3, -0.25) is 4.79 Å². The average Bonchev–Trinajstić information content (AvgIpc) is 2.35. The molecular formula is C12H10ClFN2O2. The fourth-order valence-electron chi connectivity index (χ4n) is 1.07. The van der Waals surface area contributed by atoms with E-state index in [4.69, 9.17) is 21.6 Å². The number of halogens is 2. The quantitative estimate of drug-likeness (QED) is 0.519. The summed E-state index contributed by atoms with van der Waals surface area (Å²) in [6, 6.07) is 5.42. The fraction of sp³-hybridized carbons (Fsp3) is 0.167. The van der Waals surface area contributed by atoms with Gasteiger partial charge in [0.1, 0.15) is 18.1 Å². The Balaban J connectivity index is 2.81. The smallest absolute Gasteiger partial charge is 0.269 e. The average molecular weight is 269 g/mol. The number of nitrogens with one attached hydrogen (secondary N) is 1. The van der Waals surface area contributed by atoms with Crippen LogP contribution in [0, 0.1) is 17.1 Å². The molecule has 4 nitrogen and oxygen atoms in total. The Morgan fingerprint density at radius 3 is 2.94 bits per heavy atom. The molecule has 0 aliphatic rings. The van der Waals surface area contributed by atoms with Gasteiger partial charge in [0.25, 0.3) is 5.91 Å². The Bertz CT molecular complexity index is 523. The van der Waals surface area contributed by atoms with E-state index in [2.05, 4.69) is 5.32 Å². The molecule has 0 bridgehead atoms. The van der Waals surface area contributed by atoms with Crippen LogP contribution < -0.4 is 5.32 Å². The van der Waals surface area contributed by atoms with E-state index in [1.54, 1.807) is 13.0 Å². The Kier molecular flexibility index (Phi) is 5.15. The number of carbonyl (C=O) groups excluding carboxylic acids is 1. The number of ether oxygens (including phenoxy) is 1. The molecule has 0 aliphatic carbocycles. The van der Waals surface area contributed by atoms with E-state index in [0.29, 0.717) is 12.3 Å². The first kappa shape index (κ1) is 14.0. The molecule has 18 heavy (non-hydrogen) atoms. The maximum atomic E-state index is 12.9. The van der Waals surface area contributed by atoms with Gasteiger partial charge in [-0.15, -0.1) is 0 Å². The van der Waals surface area contributed by atoms with Gasteiger partial charge in [-0.2, -0.15) is 5.26 Å². The SMILES string of the molecule is CCOC=C(C#N)C(=O)Nc1ccc(F)c(Cl)c1. The van der Waals surface area contributed by atoms with Gasteiger partial charge in [0.15, 0.2) is 5.57 Å². The van der Waals surface area contributed by atoms with Crippen LogP contribution in [0.4, 0.5) is 10.1 Å². The van der Waals surface area contributed by atoms with E-state index in [0.717, 1.165) is 12.3 Å². The lowest BCUT2D eigenvalue weighted by molar-refractivity contribution is -0.112. The van der Waals surface area contributed by atoms with E-state index >= 15 is 0 Å². The summed E-state index contributed by atoms with van der Waals surface area (Å²) in [6.07, 6.45) is 1.07. The summed E-state index contributed by atoms with van der Waals surface area (Å²) in [4.78, 5) is 11.6. The molecule has 6 heteroatoms. The highest BCUT2D eigenvalue weighted by Gasteiger charge is 2.10. The molecule has 1 aromatic carbocycles. The molecule has 0 saturated carbocycles. The Morgan fingerprint density at radius 1 is 1.67 bits per heavy atom. The van der Waals surface area contributed by atoms with Gasteiger partial charge in [-0.05, 0) is 25.1 Å². The zero-order chi connectivity index (χ0) is 13.5. The van der Waals surface area contributed by atoms with Crippen LogP contribution in [-0.4, -0.2) is 12.5 Å². The lowest BCUT2D eigenvalue weighted by Gasteiger charge is -2.05. The van der Waals surface area contributed by atoms with Crippen molar-refractivity contribution in [3.05, 3.63) is 40.9 Å². The van der Waals surface area contributed by atoms with Crippen LogP contribution in [0.25, 0.3) is 0 Å². The van der Waals surface area contributed by atoms with Crippen molar-refractivity contribution in [3.8, 4) is 6.07 Å². The van der Waals surface area contributed by atoms with Crippen LogP contribution in [0.2, 0.25) is 5.02 Å². The molecule has 0 atom stereocenters. The van der Waals surface area contributed by atoms with Crippen LogP contribution in [0.1, 0.15) is 6.92 Å². The second-order valence-electron chi connectivity index (χ2n) is 3.18. The van der Waals surface area contributed by atoms with Crippen molar-refractivity contribution in [3.63, 3.8) is 0 Å². The molecule has 0 fully saturated rings. The van der Waals surface area contributed by atoms with Crippen molar-refractivity contribution >= 4 is 23.2 Å². The molecule has 0 radical (unpaired) electrons. The van der Waals surface area contributed by atoms with Crippen molar-refractivity contribution in [1.82, 2.24) is 0 Å². The minimum atomic E-state index is -0.645.